The first-order chi connectivity index (χ1) is 12.1. The van der Waals surface area contributed by atoms with Gasteiger partial charge in [0.15, 0.2) is 0 Å². The lowest BCUT2D eigenvalue weighted by Crippen LogP contribution is -2.37. The highest BCUT2D eigenvalue weighted by molar-refractivity contribution is 5.84. The Balaban J connectivity index is 1.59. The van der Waals surface area contributed by atoms with Crippen molar-refractivity contribution in [2.24, 2.45) is 0 Å². The van der Waals surface area contributed by atoms with Crippen molar-refractivity contribution in [2.75, 3.05) is 31.1 Å². The van der Waals surface area contributed by atoms with E-state index < -0.39 is 6.09 Å². The van der Waals surface area contributed by atoms with E-state index in [2.05, 4.69) is 33.1 Å². The fourth-order valence-corrected chi connectivity index (χ4v) is 3.91. The van der Waals surface area contributed by atoms with Crippen molar-refractivity contribution in [1.82, 2.24) is 14.9 Å². The number of likely N-dealkylation sites (tertiary alicyclic amines) is 1. The maximum Gasteiger partial charge on any atom is 0.407 e. The largest absolute Gasteiger partial charge is 0.465 e. The number of anilines is 1. The van der Waals surface area contributed by atoms with Crippen LogP contribution in [0.25, 0.3) is 10.9 Å². The molecule has 0 aliphatic carbocycles. The third-order valence-electron chi connectivity index (χ3n) is 5.33. The van der Waals surface area contributed by atoms with Crippen molar-refractivity contribution in [1.29, 1.82) is 0 Å². The summed E-state index contributed by atoms with van der Waals surface area (Å²) in [5.74, 6) is 0.264. The molecule has 132 valence electrons. The second kappa shape index (κ2) is 6.48. The molecule has 2 N–H and O–H groups in total. The fraction of sp³-hybridized carbons (Fsp3) is 0.500. The van der Waals surface area contributed by atoms with Crippen molar-refractivity contribution in [3.63, 3.8) is 0 Å². The van der Waals surface area contributed by atoms with Gasteiger partial charge in [0, 0.05) is 43.2 Å². The zero-order valence-electron chi connectivity index (χ0n) is 14.0. The lowest BCUT2D eigenvalue weighted by Gasteiger charge is -2.30. The number of aromatic nitrogens is 2. The Hall–Kier alpha value is -2.41. The summed E-state index contributed by atoms with van der Waals surface area (Å²) in [6, 6.07) is 6.19. The predicted octanol–water partition coefficient (Wildman–Crippen LogP) is 2.06. The number of β-amino-alcohol motifs (C(OH)–C–C–N with tert-alkyl or cyclic N) is 1. The van der Waals surface area contributed by atoms with Gasteiger partial charge in [-0.1, -0.05) is 0 Å². The maximum absolute atomic E-state index is 11.1. The van der Waals surface area contributed by atoms with E-state index in [1.807, 2.05) is 0 Å². The molecule has 1 aromatic carbocycles. The molecule has 4 rings (SSSR count). The van der Waals surface area contributed by atoms with E-state index in [9.17, 15) is 9.90 Å². The minimum absolute atomic E-state index is 0.254. The summed E-state index contributed by atoms with van der Waals surface area (Å²) < 4.78 is 0. The van der Waals surface area contributed by atoms with E-state index in [0.717, 1.165) is 48.1 Å². The molecule has 1 aromatic heterocycles. The molecule has 7 heteroatoms. The molecule has 25 heavy (non-hydrogen) atoms. The second-order valence-electron chi connectivity index (χ2n) is 6.89. The number of amides is 1. The molecule has 2 fully saturated rings. The van der Waals surface area contributed by atoms with Crippen LogP contribution < -0.4 is 4.90 Å². The Labute approximate surface area is 145 Å². The first-order valence-corrected chi connectivity index (χ1v) is 8.77. The van der Waals surface area contributed by atoms with Crippen LogP contribution in [0.4, 0.5) is 10.5 Å². The molecule has 0 spiro atoms. The van der Waals surface area contributed by atoms with Crippen LogP contribution in [0.3, 0.4) is 0 Å². The molecule has 0 radical (unpaired) electrons. The predicted molar refractivity (Wildman–Crippen MR) is 93.9 cm³/mol. The molecule has 2 aliphatic heterocycles. The standard InChI is InChI=1S/C18H22N4O3/c23-14-5-8-22(10-14)13-1-2-15-16(9-13)19-11-20-17(15)12-3-6-21(7-4-12)18(24)25/h1-2,9,11-12,14,23H,3-8,10H2,(H,24,25)/t14-/m0/s1. The van der Waals surface area contributed by atoms with E-state index in [4.69, 9.17) is 5.11 Å². The molecular weight excluding hydrogens is 320 g/mol. The highest BCUT2D eigenvalue weighted by atomic mass is 16.4. The third kappa shape index (κ3) is 3.11. The smallest absolute Gasteiger partial charge is 0.407 e. The van der Waals surface area contributed by atoms with E-state index >= 15 is 0 Å². The Kier molecular flexibility index (Phi) is 4.17. The van der Waals surface area contributed by atoms with Gasteiger partial charge in [-0.25, -0.2) is 14.8 Å². The number of aliphatic hydroxyl groups is 1. The first-order valence-electron chi connectivity index (χ1n) is 8.77. The number of benzene rings is 1. The van der Waals surface area contributed by atoms with Gasteiger partial charge in [-0.3, -0.25) is 0 Å². The van der Waals surface area contributed by atoms with Gasteiger partial charge in [0.2, 0.25) is 0 Å². The Morgan fingerprint density at radius 1 is 1.12 bits per heavy atom. The van der Waals surface area contributed by atoms with Crippen LogP contribution in [0.1, 0.15) is 30.9 Å². The van der Waals surface area contributed by atoms with Crippen LogP contribution in [0.5, 0.6) is 0 Å². The Morgan fingerprint density at radius 3 is 2.60 bits per heavy atom. The SMILES string of the molecule is O=C(O)N1CCC(c2ncnc3cc(N4CC[C@H](O)C4)ccc23)CC1. The normalized spacial score (nSPS) is 21.9. The van der Waals surface area contributed by atoms with Crippen LogP contribution in [0.2, 0.25) is 0 Å². The molecule has 2 aromatic rings. The molecule has 0 unspecified atom stereocenters. The van der Waals surface area contributed by atoms with Crippen LogP contribution in [0.15, 0.2) is 24.5 Å². The number of piperidine rings is 1. The van der Waals surface area contributed by atoms with Gasteiger partial charge in [-0.2, -0.15) is 0 Å². The molecule has 0 saturated carbocycles. The average Bonchev–Trinajstić information content (AvgIpc) is 3.07. The van der Waals surface area contributed by atoms with Crippen molar-refractivity contribution in [3.8, 4) is 0 Å². The number of rotatable bonds is 2. The number of hydrogen-bond acceptors (Lipinski definition) is 5. The molecule has 3 heterocycles. The van der Waals surface area contributed by atoms with Gasteiger partial charge in [0.1, 0.15) is 6.33 Å². The number of carbonyl (C=O) groups is 1. The van der Waals surface area contributed by atoms with Gasteiger partial charge in [0.25, 0.3) is 0 Å². The van der Waals surface area contributed by atoms with E-state index in [1.165, 1.54) is 4.90 Å². The van der Waals surface area contributed by atoms with Gasteiger partial charge in [0.05, 0.1) is 17.3 Å². The van der Waals surface area contributed by atoms with E-state index in [-0.39, 0.29) is 12.0 Å². The lowest BCUT2D eigenvalue weighted by molar-refractivity contribution is 0.132. The number of carboxylic acid groups (broad SMARTS) is 1. The Bertz CT molecular complexity index is 789. The van der Waals surface area contributed by atoms with Crippen molar-refractivity contribution >= 4 is 22.7 Å². The molecule has 1 atom stereocenters. The molecule has 1 amide bonds. The van der Waals surface area contributed by atoms with Crippen LogP contribution in [-0.2, 0) is 0 Å². The van der Waals surface area contributed by atoms with Gasteiger partial charge in [-0.15, -0.1) is 0 Å². The zero-order valence-corrected chi connectivity index (χ0v) is 14.0. The summed E-state index contributed by atoms with van der Waals surface area (Å²) >= 11 is 0. The number of nitrogens with zero attached hydrogens (tertiary/aromatic N) is 4. The summed E-state index contributed by atoms with van der Waals surface area (Å²) in [5, 5.41) is 19.9. The topological polar surface area (TPSA) is 89.8 Å². The molecule has 2 saturated heterocycles. The summed E-state index contributed by atoms with van der Waals surface area (Å²) in [6.45, 7) is 2.62. The zero-order chi connectivity index (χ0) is 17.4. The summed E-state index contributed by atoms with van der Waals surface area (Å²) in [7, 11) is 0. The number of hydrogen-bond donors (Lipinski definition) is 2. The number of fused-ring (bicyclic) bond motifs is 1. The molecule has 2 aliphatic rings. The third-order valence-corrected chi connectivity index (χ3v) is 5.33. The van der Waals surface area contributed by atoms with E-state index in [0.29, 0.717) is 19.6 Å². The van der Waals surface area contributed by atoms with E-state index in [1.54, 1.807) is 6.33 Å². The van der Waals surface area contributed by atoms with Crippen molar-refractivity contribution in [2.45, 2.75) is 31.3 Å². The monoisotopic (exact) mass is 342 g/mol. The minimum Gasteiger partial charge on any atom is -0.465 e. The lowest BCUT2D eigenvalue weighted by atomic mass is 9.91. The van der Waals surface area contributed by atoms with Crippen LogP contribution in [0, 0.1) is 0 Å². The minimum atomic E-state index is -0.844. The quantitative estimate of drug-likeness (QED) is 0.868. The van der Waals surface area contributed by atoms with Gasteiger partial charge >= 0.3 is 6.09 Å². The van der Waals surface area contributed by atoms with Crippen molar-refractivity contribution in [3.05, 3.63) is 30.2 Å². The first kappa shape index (κ1) is 16.1. The fourth-order valence-electron chi connectivity index (χ4n) is 3.91. The maximum atomic E-state index is 11.1. The average molecular weight is 342 g/mol. The Morgan fingerprint density at radius 2 is 1.92 bits per heavy atom. The molecule has 7 nitrogen and oxygen atoms in total. The summed E-state index contributed by atoms with van der Waals surface area (Å²) in [6.07, 6.45) is 2.88. The highest BCUT2D eigenvalue weighted by Crippen LogP contribution is 2.32. The van der Waals surface area contributed by atoms with Gasteiger partial charge in [-0.05, 0) is 37.5 Å². The molecular formula is C18H22N4O3. The van der Waals surface area contributed by atoms with Gasteiger partial charge < -0.3 is 20.0 Å². The second-order valence-corrected chi connectivity index (χ2v) is 6.89. The summed E-state index contributed by atoms with van der Waals surface area (Å²) in [4.78, 5) is 23.7. The number of aliphatic hydroxyl groups excluding tert-OH is 1. The van der Waals surface area contributed by atoms with Crippen molar-refractivity contribution < 1.29 is 15.0 Å². The van der Waals surface area contributed by atoms with Crippen LogP contribution in [-0.4, -0.2) is 63.5 Å². The summed E-state index contributed by atoms with van der Waals surface area (Å²) in [5.41, 5.74) is 3.00. The van der Waals surface area contributed by atoms with Crippen LogP contribution >= 0.6 is 0 Å². The highest BCUT2D eigenvalue weighted by Gasteiger charge is 2.26. The molecule has 0 bridgehead atoms.